The standard InChI is InChI=1S/C18H16N4O6S/c1-26-14-6-3-7-15(9-14)27-10-17-20-21-18(28-17)29-11-16(23)19-12-4-2-5-13(8-12)22(24)25/h2-9H,10-11H2,1H3,(H,19,23). The van der Waals surface area contributed by atoms with Gasteiger partial charge in [0.25, 0.3) is 16.8 Å². The average molecular weight is 416 g/mol. The van der Waals surface area contributed by atoms with Gasteiger partial charge in [0.15, 0.2) is 6.61 Å². The fourth-order valence-corrected chi connectivity index (χ4v) is 2.79. The monoisotopic (exact) mass is 416 g/mol. The first-order valence-electron chi connectivity index (χ1n) is 8.30. The summed E-state index contributed by atoms with van der Waals surface area (Å²) in [5.41, 5.74) is 0.232. The van der Waals surface area contributed by atoms with Crippen LogP contribution >= 0.6 is 11.8 Å². The number of hydrogen-bond donors (Lipinski definition) is 1. The van der Waals surface area contributed by atoms with Crippen molar-refractivity contribution in [2.75, 3.05) is 18.2 Å². The molecule has 0 saturated carbocycles. The van der Waals surface area contributed by atoms with Gasteiger partial charge in [-0.05, 0) is 18.2 Å². The van der Waals surface area contributed by atoms with E-state index in [2.05, 4.69) is 15.5 Å². The Kier molecular flexibility index (Phi) is 6.63. The molecule has 2 aromatic carbocycles. The molecule has 0 radical (unpaired) electrons. The number of carbonyl (C=O) groups excluding carboxylic acids is 1. The van der Waals surface area contributed by atoms with Crippen LogP contribution in [0.3, 0.4) is 0 Å². The number of benzene rings is 2. The molecule has 0 atom stereocenters. The summed E-state index contributed by atoms with van der Waals surface area (Å²) in [6.45, 7) is 0.0700. The smallest absolute Gasteiger partial charge is 0.277 e. The number of ether oxygens (including phenoxy) is 2. The molecule has 29 heavy (non-hydrogen) atoms. The number of nitrogens with zero attached hydrogens (tertiary/aromatic N) is 3. The molecule has 0 fully saturated rings. The SMILES string of the molecule is COc1cccc(OCc2nnc(SCC(=O)Nc3cccc([N+](=O)[O-])c3)o2)c1. The molecule has 1 heterocycles. The van der Waals surface area contributed by atoms with Crippen LogP contribution in [-0.4, -0.2) is 33.9 Å². The number of nitro benzene ring substituents is 1. The zero-order valence-electron chi connectivity index (χ0n) is 15.2. The molecule has 0 aliphatic carbocycles. The van der Waals surface area contributed by atoms with E-state index >= 15 is 0 Å². The molecule has 0 bridgehead atoms. The highest BCUT2D eigenvalue weighted by atomic mass is 32.2. The zero-order chi connectivity index (χ0) is 20.6. The number of thioether (sulfide) groups is 1. The van der Waals surface area contributed by atoms with Crippen LogP contribution in [0.1, 0.15) is 5.89 Å². The summed E-state index contributed by atoms with van der Waals surface area (Å²) in [6.07, 6.45) is 0. The lowest BCUT2D eigenvalue weighted by Gasteiger charge is -2.05. The van der Waals surface area contributed by atoms with Gasteiger partial charge in [0, 0.05) is 23.9 Å². The average Bonchev–Trinajstić information content (AvgIpc) is 3.19. The number of anilines is 1. The predicted molar refractivity (Wildman–Crippen MR) is 104 cm³/mol. The Labute approximate surface area is 169 Å². The van der Waals surface area contributed by atoms with Crippen molar-refractivity contribution in [2.45, 2.75) is 11.8 Å². The maximum absolute atomic E-state index is 12.0. The topological polar surface area (TPSA) is 130 Å². The third kappa shape index (κ3) is 5.94. The number of aromatic nitrogens is 2. The summed E-state index contributed by atoms with van der Waals surface area (Å²) in [6, 6.07) is 12.8. The maximum Gasteiger partial charge on any atom is 0.277 e. The van der Waals surface area contributed by atoms with Gasteiger partial charge in [-0.3, -0.25) is 14.9 Å². The number of carbonyl (C=O) groups is 1. The lowest BCUT2D eigenvalue weighted by molar-refractivity contribution is -0.384. The van der Waals surface area contributed by atoms with Crippen molar-refractivity contribution in [1.82, 2.24) is 10.2 Å². The number of amides is 1. The summed E-state index contributed by atoms with van der Waals surface area (Å²) in [4.78, 5) is 22.3. The summed E-state index contributed by atoms with van der Waals surface area (Å²) in [5.74, 6) is 1.16. The second-order valence-corrected chi connectivity index (χ2v) is 6.50. The number of methoxy groups -OCH3 is 1. The van der Waals surface area contributed by atoms with Gasteiger partial charge in [0.05, 0.1) is 17.8 Å². The molecule has 0 aliphatic rings. The van der Waals surface area contributed by atoms with Gasteiger partial charge in [-0.1, -0.05) is 23.9 Å². The number of nitro groups is 1. The van der Waals surface area contributed by atoms with Gasteiger partial charge in [-0.2, -0.15) is 0 Å². The first-order chi connectivity index (χ1) is 14.0. The van der Waals surface area contributed by atoms with Gasteiger partial charge >= 0.3 is 0 Å². The minimum atomic E-state index is -0.530. The second-order valence-electron chi connectivity index (χ2n) is 5.57. The summed E-state index contributed by atoms with van der Waals surface area (Å²) in [7, 11) is 1.57. The molecule has 0 unspecified atom stereocenters. The van der Waals surface area contributed by atoms with Gasteiger partial charge in [0.1, 0.15) is 11.5 Å². The third-order valence-electron chi connectivity index (χ3n) is 3.52. The maximum atomic E-state index is 12.0. The van der Waals surface area contributed by atoms with Crippen LogP contribution in [-0.2, 0) is 11.4 Å². The Morgan fingerprint density at radius 1 is 1.21 bits per heavy atom. The van der Waals surface area contributed by atoms with Crippen LogP contribution in [0.5, 0.6) is 11.5 Å². The van der Waals surface area contributed by atoms with Gasteiger partial charge < -0.3 is 19.2 Å². The largest absolute Gasteiger partial charge is 0.497 e. The van der Waals surface area contributed by atoms with E-state index in [0.29, 0.717) is 17.2 Å². The molecule has 3 rings (SSSR count). The van der Waals surface area contributed by atoms with Crippen molar-refractivity contribution in [2.24, 2.45) is 0 Å². The second kappa shape index (κ2) is 9.55. The molecule has 1 N–H and O–H groups in total. The molecular formula is C18H16N4O6S. The molecule has 1 amide bonds. The Morgan fingerprint density at radius 2 is 2.00 bits per heavy atom. The van der Waals surface area contributed by atoms with Gasteiger partial charge in [-0.15, -0.1) is 10.2 Å². The highest BCUT2D eigenvalue weighted by Gasteiger charge is 2.12. The molecule has 150 valence electrons. The number of non-ortho nitro benzene ring substituents is 1. The molecule has 11 heteroatoms. The minimum absolute atomic E-state index is 0.00106. The van der Waals surface area contributed by atoms with Gasteiger partial charge in [-0.25, -0.2) is 0 Å². The first-order valence-corrected chi connectivity index (χ1v) is 9.28. The lowest BCUT2D eigenvalue weighted by Crippen LogP contribution is -2.14. The van der Waals surface area contributed by atoms with E-state index in [1.807, 2.05) is 0 Å². The number of nitrogens with one attached hydrogen (secondary N) is 1. The van der Waals surface area contributed by atoms with E-state index in [1.165, 1.54) is 18.2 Å². The number of hydrogen-bond acceptors (Lipinski definition) is 9. The van der Waals surface area contributed by atoms with E-state index in [0.717, 1.165) is 11.8 Å². The zero-order valence-corrected chi connectivity index (χ0v) is 16.0. The van der Waals surface area contributed by atoms with Crippen molar-refractivity contribution in [1.29, 1.82) is 0 Å². The Morgan fingerprint density at radius 3 is 2.79 bits per heavy atom. The molecule has 0 spiro atoms. The van der Waals surface area contributed by atoms with Crippen LogP contribution < -0.4 is 14.8 Å². The Bertz CT molecular complexity index is 1010. The lowest BCUT2D eigenvalue weighted by atomic mass is 10.3. The predicted octanol–water partition coefficient (Wildman–Crippen LogP) is 3.30. The molecule has 0 saturated heterocycles. The number of rotatable bonds is 9. The van der Waals surface area contributed by atoms with E-state index in [1.54, 1.807) is 37.4 Å². The van der Waals surface area contributed by atoms with E-state index in [-0.39, 0.29) is 35.1 Å². The fourth-order valence-electron chi connectivity index (χ4n) is 2.21. The van der Waals surface area contributed by atoms with Crippen LogP contribution in [0, 0.1) is 10.1 Å². The minimum Gasteiger partial charge on any atom is -0.497 e. The van der Waals surface area contributed by atoms with Crippen molar-refractivity contribution in [3.8, 4) is 11.5 Å². The Hall–Kier alpha value is -3.60. The highest BCUT2D eigenvalue weighted by molar-refractivity contribution is 7.99. The third-order valence-corrected chi connectivity index (χ3v) is 4.34. The Balaban J connectivity index is 1.48. The van der Waals surface area contributed by atoms with Crippen LogP contribution in [0.25, 0.3) is 0 Å². The molecular weight excluding hydrogens is 400 g/mol. The quantitative estimate of drug-likeness (QED) is 0.317. The first kappa shape index (κ1) is 20.1. The van der Waals surface area contributed by atoms with E-state index < -0.39 is 4.92 Å². The summed E-state index contributed by atoms with van der Waals surface area (Å²) < 4.78 is 16.1. The van der Waals surface area contributed by atoms with Crippen molar-refractivity contribution in [3.05, 3.63) is 64.5 Å². The van der Waals surface area contributed by atoms with Crippen molar-refractivity contribution in [3.63, 3.8) is 0 Å². The molecule has 3 aromatic rings. The van der Waals surface area contributed by atoms with Crippen molar-refractivity contribution >= 4 is 29.0 Å². The molecule has 10 nitrogen and oxygen atoms in total. The molecule has 1 aromatic heterocycles. The van der Waals surface area contributed by atoms with E-state index in [4.69, 9.17) is 13.9 Å². The summed E-state index contributed by atoms with van der Waals surface area (Å²) in [5, 5.41) is 21.3. The fraction of sp³-hybridized carbons (Fsp3) is 0.167. The highest BCUT2D eigenvalue weighted by Crippen LogP contribution is 2.22. The van der Waals surface area contributed by atoms with Crippen molar-refractivity contribution < 1.29 is 23.6 Å². The van der Waals surface area contributed by atoms with Crippen LogP contribution in [0.4, 0.5) is 11.4 Å². The van der Waals surface area contributed by atoms with E-state index in [9.17, 15) is 14.9 Å². The normalized spacial score (nSPS) is 10.4. The summed E-state index contributed by atoms with van der Waals surface area (Å²) >= 11 is 1.05. The van der Waals surface area contributed by atoms with Crippen LogP contribution in [0.2, 0.25) is 0 Å². The van der Waals surface area contributed by atoms with Crippen LogP contribution in [0.15, 0.2) is 58.2 Å². The van der Waals surface area contributed by atoms with Gasteiger partial charge in [0.2, 0.25) is 5.91 Å². The molecule has 0 aliphatic heterocycles.